The average Bonchev–Trinajstić information content (AvgIpc) is 2.95. The van der Waals surface area contributed by atoms with Gasteiger partial charge in [0, 0.05) is 25.2 Å². The van der Waals surface area contributed by atoms with Gasteiger partial charge in [0.05, 0.1) is 12.7 Å². The molecule has 0 aromatic heterocycles. The van der Waals surface area contributed by atoms with Gasteiger partial charge in [-0.3, -0.25) is 4.90 Å². The van der Waals surface area contributed by atoms with Crippen LogP contribution in [-0.4, -0.2) is 50.6 Å². The molecule has 116 valence electrons. The molecule has 0 aliphatic carbocycles. The van der Waals surface area contributed by atoms with E-state index < -0.39 is 0 Å². The standard InChI is InChI=1S/C16H24N2O3/c1-11-9-19-12(2)7-18(11)8-14(17-3)13-4-5-15-16(6-13)21-10-20-15/h4-6,11-12,14,17H,7-10H2,1-3H3. The van der Waals surface area contributed by atoms with Crippen LogP contribution in [0.3, 0.4) is 0 Å². The number of morpholine rings is 1. The molecule has 1 saturated heterocycles. The SMILES string of the molecule is CNC(CN1CC(C)OCC1C)c1ccc2c(c1)OCO2. The minimum Gasteiger partial charge on any atom is -0.454 e. The molecule has 3 unspecified atom stereocenters. The molecule has 1 N–H and O–H groups in total. The highest BCUT2D eigenvalue weighted by atomic mass is 16.7. The first-order chi connectivity index (χ1) is 10.2. The third-order valence-corrected chi connectivity index (χ3v) is 4.30. The van der Waals surface area contributed by atoms with Crippen LogP contribution >= 0.6 is 0 Å². The summed E-state index contributed by atoms with van der Waals surface area (Å²) in [5.74, 6) is 1.68. The van der Waals surface area contributed by atoms with Crippen LogP contribution in [0, 0.1) is 0 Å². The van der Waals surface area contributed by atoms with Crippen LogP contribution in [0.4, 0.5) is 0 Å². The number of hydrogen-bond donors (Lipinski definition) is 1. The molecule has 0 bridgehead atoms. The molecule has 3 rings (SSSR count). The number of fused-ring (bicyclic) bond motifs is 1. The molecule has 2 heterocycles. The van der Waals surface area contributed by atoms with E-state index in [0.717, 1.165) is 31.2 Å². The Morgan fingerprint density at radius 3 is 2.90 bits per heavy atom. The maximum atomic E-state index is 5.70. The summed E-state index contributed by atoms with van der Waals surface area (Å²) >= 11 is 0. The molecular weight excluding hydrogens is 268 g/mol. The summed E-state index contributed by atoms with van der Waals surface area (Å²) in [7, 11) is 2.00. The van der Waals surface area contributed by atoms with Gasteiger partial charge in [-0.25, -0.2) is 0 Å². The molecule has 0 amide bonds. The Morgan fingerprint density at radius 1 is 1.29 bits per heavy atom. The molecule has 0 spiro atoms. The minimum atomic E-state index is 0.271. The van der Waals surface area contributed by atoms with E-state index in [-0.39, 0.29) is 6.04 Å². The maximum Gasteiger partial charge on any atom is 0.231 e. The third-order valence-electron chi connectivity index (χ3n) is 4.30. The largest absolute Gasteiger partial charge is 0.454 e. The summed E-state index contributed by atoms with van der Waals surface area (Å²) in [6.45, 7) is 7.42. The molecule has 0 saturated carbocycles. The molecule has 1 aromatic carbocycles. The van der Waals surface area contributed by atoms with Crippen molar-refractivity contribution in [2.45, 2.75) is 32.0 Å². The zero-order chi connectivity index (χ0) is 14.8. The molecule has 5 heteroatoms. The van der Waals surface area contributed by atoms with Crippen molar-refractivity contribution in [2.24, 2.45) is 0 Å². The first-order valence-corrected chi connectivity index (χ1v) is 7.60. The van der Waals surface area contributed by atoms with Gasteiger partial charge in [0.15, 0.2) is 11.5 Å². The normalized spacial score (nSPS) is 26.8. The van der Waals surface area contributed by atoms with Gasteiger partial charge < -0.3 is 19.5 Å². The van der Waals surface area contributed by atoms with E-state index in [0.29, 0.717) is 18.9 Å². The fourth-order valence-electron chi connectivity index (χ4n) is 2.95. The van der Waals surface area contributed by atoms with Gasteiger partial charge in [0.2, 0.25) is 6.79 Å². The van der Waals surface area contributed by atoms with Crippen LogP contribution in [0.5, 0.6) is 11.5 Å². The summed E-state index contributed by atoms with van der Waals surface area (Å²) in [6, 6.07) is 6.91. The lowest BCUT2D eigenvalue weighted by Crippen LogP contribution is -2.49. The fourth-order valence-corrected chi connectivity index (χ4v) is 2.95. The highest BCUT2D eigenvalue weighted by Crippen LogP contribution is 2.34. The van der Waals surface area contributed by atoms with Crippen molar-refractivity contribution < 1.29 is 14.2 Å². The van der Waals surface area contributed by atoms with Gasteiger partial charge in [-0.05, 0) is 38.6 Å². The van der Waals surface area contributed by atoms with Crippen LogP contribution < -0.4 is 14.8 Å². The predicted octanol–water partition coefficient (Wildman–Crippen LogP) is 1.78. The highest BCUT2D eigenvalue weighted by Gasteiger charge is 2.26. The summed E-state index contributed by atoms with van der Waals surface area (Å²) in [5, 5.41) is 3.41. The Balaban J connectivity index is 1.72. The zero-order valence-electron chi connectivity index (χ0n) is 13.0. The van der Waals surface area contributed by atoms with Gasteiger partial charge >= 0.3 is 0 Å². The molecule has 3 atom stereocenters. The fraction of sp³-hybridized carbons (Fsp3) is 0.625. The first kappa shape index (κ1) is 14.6. The quantitative estimate of drug-likeness (QED) is 0.916. The molecule has 0 radical (unpaired) electrons. The average molecular weight is 292 g/mol. The van der Waals surface area contributed by atoms with Crippen molar-refractivity contribution in [3.63, 3.8) is 0 Å². The van der Waals surface area contributed by atoms with Crippen molar-refractivity contribution in [1.82, 2.24) is 10.2 Å². The van der Waals surface area contributed by atoms with E-state index in [1.807, 2.05) is 13.1 Å². The van der Waals surface area contributed by atoms with E-state index in [2.05, 4.69) is 36.2 Å². The third kappa shape index (κ3) is 3.15. The molecule has 2 aliphatic heterocycles. The Bertz CT molecular complexity index is 494. The lowest BCUT2D eigenvalue weighted by Gasteiger charge is -2.38. The van der Waals surface area contributed by atoms with Crippen molar-refractivity contribution in [3.05, 3.63) is 23.8 Å². The van der Waals surface area contributed by atoms with Crippen LogP contribution in [-0.2, 0) is 4.74 Å². The lowest BCUT2D eigenvalue weighted by molar-refractivity contribution is -0.0519. The minimum absolute atomic E-state index is 0.271. The Hall–Kier alpha value is -1.30. The van der Waals surface area contributed by atoms with Crippen LogP contribution in [0.2, 0.25) is 0 Å². The van der Waals surface area contributed by atoms with Crippen LogP contribution in [0.1, 0.15) is 25.5 Å². The number of benzene rings is 1. The second kappa shape index (κ2) is 6.22. The molecule has 5 nitrogen and oxygen atoms in total. The topological polar surface area (TPSA) is 43.0 Å². The summed E-state index contributed by atoms with van der Waals surface area (Å²) in [5.41, 5.74) is 1.23. The number of nitrogens with one attached hydrogen (secondary N) is 1. The maximum absolute atomic E-state index is 5.70. The highest BCUT2D eigenvalue weighted by molar-refractivity contribution is 5.45. The van der Waals surface area contributed by atoms with Gasteiger partial charge in [-0.15, -0.1) is 0 Å². The molecule has 2 aliphatic rings. The van der Waals surface area contributed by atoms with Gasteiger partial charge in [-0.2, -0.15) is 0 Å². The van der Waals surface area contributed by atoms with E-state index in [9.17, 15) is 0 Å². The number of hydrogen-bond acceptors (Lipinski definition) is 5. The number of ether oxygens (including phenoxy) is 3. The molecule has 1 fully saturated rings. The van der Waals surface area contributed by atoms with Crippen LogP contribution in [0.15, 0.2) is 18.2 Å². The Morgan fingerprint density at radius 2 is 2.10 bits per heavy atom. The van der Waals surface area contributed by atoms with E-state index in [1.165, 1.54) is 5.56 Å². The van der Waals surface area contributed by atoms with Gasteiger partial charge in [-0.1, -0.05) is 6.07 Å². The number of nitrogens with zero attached hydrogens (tertiary/aromatic N) is 1. The lowest BCUT2D eigenvalue weighted by atomic mass is 10.0. The van der Waals surface area contributed by atoms with Gasteiger partial charge in [0.1, 0.15) is 0 Å². The smallest absolute Gasteiger partial charge is 0.231 e. The molecular formula is C16H24N2O3. The summed E-state index contributed by atoms with van der Waals surface area (Å²) in [4.78, 5) is 2.49. The van der Waals surface area contributed by atoms with Crippen LogP contribution in [0.25, 0.3) is 0 Å². The Kier molecular flexibility index (Phi) is 4.33. The molecule has 1 aromatic rings. The number of rotatable bonds is 4. The monoisotopic (exact) mass is 292 g/mol. The summed E-state index contributed by atoms with van der Waals surface area (Å²) in [6.07, 6.45) is 0.301. The van der Waals surface area contributed by atoms with Crippen molar-refractivity contribution in [3.8, 4) is 11.5 Å². The van der Waals surface area contributed by atoms with Crippen molar-refractivity contribution in [1.29, 1.82) is 0 Å². The summed E-state index contributed by atoms with van der Waals surface area (Å²) < 4.78 is 16.6. The predicted molar refractivity (Wildman–Crippen MR) is 80.8 cm³/mol. The first-order valence-electron chi connectivity index (χ1n) is 7.60. The Labute approximate surface area is 126 Å². The second-order valence-electron chi connectivity index (χ2n) is 5.90. The van der Waals surface area contributed by atoms with Crippen molar-refractivity contribution in [2.75, 3.05) is 33.5 Å². The van der Waals surface area contributed by atoms with E-state index >= 15 is 0 Å². The molecule has 21 heavy (non-hydrogen) atoms. The van der Waals surface area contributed by atoms with E-state index in [1.54, 1.807) is 0 Å². The van der Waals surface area contributed by atoms with E-state index in [4.69, 9.17) is 14.2 Å². The zero-order valence-corrected chi connectivity index (χ0v) is 13.0. The van der Waals surface area contributed by atoms with Crippen molar-refractivity contribution >= 4 is 0 Å². The number of likely N-dealkylation sites (N-methyl/N-ethyl adjacent to an activating group) is 1. The second-order valence-corrected chi connectivity index (χ2v) is 5.90. The van der Waals surface area contributed by atoms with Gasteiger partial charge in [0.25, 0.3) is 0 Å².